The van der Waals surface area contributed by atoms with E-state index in [1.807, 2.05) is 11.9 Å². The minimum absolute atomic E-state index is 0.312. The van der Waals surface area contributed by atoms with Crippen LogP contribution in [-0.4, -0.2) is 31.1 Å². The van der Waals surface area contributed by atoms with Crippen molar-refractivity contribution in [2.24, 2.45) is 0 Å². The first-order valence-electron chi connectivity index (χ1n) is 6.12. The second-order valence-corrected chi connectivity index (χ2v) is 4.48. The van der Waals surface area contributed by atoms with Crippen LogP contribution in [0.1, 0.15) is 18.1 Å². The number of benzene rings is 1. The first kappa shape index (κ1) is 14.5. The molecule has 1 aromatic rings. The van der Waals surface area contributed by atoms with E-state index in [2.05, 4.69) is 37.8 Å². The van der Waals surface area contributed by atoms with Crippen LogP contribution in [0.25, 0.3) is 0 Å². The Morgan fingerprint density at radius 3 is 2.50 bits per heavy atom. The average Bonchev–Trinajstić information content (AvgIpc) is 2.32. The third kappa shape index (κ3) is 4.72. The molecule has 0 fully saturated rings. The van der Waals surface area contributed by atoms with Crippen LogP contribution in [0.4, 0.5) is 0 Å². The van der Waals surface area contributed by atoms with E-state index in [-0.39, 0.29) is 5.97 Å². The SMILES string of the molecule is C=C(CN(C)Cc1ccc(C)cc1)C(=O)OCC. The molecule has 0 saturated carbocycles. The van der Waals surface area contributed by atoms with E-state index in [0.29, 0.717) is 18.7 Å². The molecule has 0 bridgehead atoms. The van der Waals surface area contributed by atoms with Crippen LogP contribution in [0, 0.1) is 6.92 Å². The summed E-state index contributed by atoms with van der Waals surface area (Å²) >= 11 is 0. The lowest BCUT2D eigenvalue weighted by Gasteiger charge is -2.17. The number of aryl methyl sites for hydroxylation is 1. The van der Waals surface area contributed by atoms with Gasteiger partial charge < -0.3 is 4.74 Å². The summed E-state index contributed by atoms with van der Waals surface area (Å²) in [4.78, 5) is 13.5. The summed E-state index contributed by atoms with van der Waals surface area (Å²) in [5, 5.41) is 0. The average molecular weight is 247 g/mol. The minimum atomic E-state index is -0.312. The van der Waals surface area contributed by atoms with Gasteiger partial charge in [-0.1, -0.05) is 36.4 Å². The van der Waals surface area contributed by atoms with E-state index in [0.717, 1.165) is 6.54 Å². The van der Waals surface area contributed by atoms with Crippen molar-refractivity contribution in [1.82, 2.24) is 4.90 Å². The molecule has 0 spiro atoms. The third-order valence-electron chi connectivity index (χ3n) is 2.60. The van der Waals surface area contributed by atoms with Crippen LogP contribution < -0.4 is 0 Å². The zero-order chi connectivity index (χ0) is 13.5. The molecule has 18 heavy (non-hydrogen) atoms. The van der Waals surface area contributed by atoms with E-state index in [9.17, 15) is 4.79 Å². The molecular weight excluding hydrogens is 226 g/mol. The van der Waals surface area contributed by atoms with Gasteiger partial charge in [-0.3, -0.25) is 4.90 Å². The quantitative estimate of drug-likeness (QED) is 0.571. The molecule has 0 N–H and O–H groups in total. The summed E-state index contributed by atoms with van der Waals surface area (Å²) in [6.07, 6.45) is 0. The van der Waals surface area contributed by atoms with E-state index >= 15 is 0 Å². The second-order valence-electron chi connectivity index (χ2n) is 4.48. The first-order chi connectivity index (χ1) is 8.52. The Balaban J connectivity index is 2.46. The number of carbonyl (C=O) groups is 1. The van der Waals surface area contributed by atoms with Crippen LogP contribution in [0.2, 0.25) is 0 Å². The maximum absolute atomic E-state index is 11.4. The van der Waals surface area contributed by atoms with Crippen molar-refractivity contribution in [1.29, 1.82) is 0 Å². The Morgan fingerprint density at radius 2 is 1.94 bits per heavy atom. The van der Waals surface area contributed by atoms with Gasteiger partial charge in [-0.25, -0.2) is 4.79 Å². The first-order valence-corrected chi connectivity index (χ1v) is 6.12. The molecule has 1 rings (SSSR count). The van der Waals surface area contributed by atoms with Gasteiger partial charge in [0.05, 0.1) is 6.61 Å². The molecule has 0 aliphatic rings. The van der Waals surface area contributed by atoms with Crippen molar-refractivity contribution >= 4 is 5.97 Å². The molecule has 0 radical (unpaired) electrons. The maximum Gasteiger partial charge on any atom is 0.334 e. The van der Waals surface area contributed by atoms with Gasteiger partial charge in [-0.15, -0.1) is 0 Å². The number of nitrogens with zero attached hydrogens (tertiary/aromatic N) is 1. The number of hydrogen-bond acceptors (Lipinski definition) is 3. The molecule has 0 aliphatic heterocycles. The third-order valence-corrected chi connectivity index (χ3v) is 2.60. The predicted octanol–water partition coefficient (Wildman–Crippen LogP) is 2.55. The molecule has 98 valence electrons. The van der Waals surface area contributed by atoms with Crippen molar-refractivity contribution in [2.75, 3.05) is 20.2 Å². The number of esters is 1. The van der Waals surface area contributed by atoms with Gasteiger partial charge >= 0.3 is 5.97 Å². The van der Waals surface area contributed by atoms with Crippen LogP contribution in [0.3, 0.4) is 0 Å². The normalized spacial score (nSPS) is 10.4. The Kier molecular flexibility index (Phi) is 5.59. The minimum Gasteiger partial charge on any atom is -0.463 e. The highest BCUT2D eigenvalue weighted by molar-refractivity contribution is 5.88. The van der Waals surface area contributed by atoms with Gasteiger partial charge in [-0.05, 0) is 26.5 Å². The van der Waals surface area contributed by atoms with Gasteiger partial charge in [-0.2, -0.15) is 0 Å². The van der Waals surface area contributed by atoms with Crippen LogP contribution >= 0.6 is 0 Å². The topological polar surface area (TPSA) is 29.5 Å². The van der Waals surface area contributed by atoms with E-state index < -0.39 is 0 Å². The number of likely N-dealkylation sites (N-methyl/N-ethyl adjacent to an activating group) is 1. The summed E-state index contributed by atoms with van der Waals surface area (Å²) in [6, 6.07) is 8.37. The highest BCUT2D eigenvalue weighted by atomic mass is 16.5. The molecule has 3 nitrogen and oxygen atoms in total. The van der Waals surface area contributed by atoms with Crippen LogP contribution in [0.15, 0.2) is 36.4 Å². The molecule has 3 heteroatoms. The summed E-state index contributed by atoms with van der Waals surface area (Å²) in [5.74, 6) is -0.312. The highest BCUT2D eigenvalue weighted by Crippen LogP contribution is 2.07. The number of carbonyl (C=O) groups excluding carboxylic acids is 1. The molecule has 0 aliphatic carbocycles. The monoisotopic (exact) mass is 247 g/mol. The summed E-state index contributed by atoms with van der Waals surface area (Å²) in [6.45, 7) is 9.31. The lowest BCUT2D eigenvalue weighted by Crippen LogP contribution is -2.24. The molecule has 0 amide bonds. The number of hydrogen-bond donors (Lipinski definition) is 0. The Hall–Kier alpha value is -1.61. The van der Waals surface area contributed by atoms with Crippen molar-refractivity contribution in [3.8, 4) is 0 Å². The summed E-state index contributed by atoms with van der Waals surface area (Å²) in [5.41, 5.74) is 2.96. The number of rotatable bonds is 6. The van der Waals surface area contributed by atoms with Gasteiger partial charge in [0.25, 0.3) is 0 Å². The van der Waals surface area contributed by atoms with Gasteiger partial charge in [0.15, 0.2) is 0 Å². The second kappa shape index (κ2) is 6.97. The van der Waals surface area contributed by atoms with Crippen molar-refractivity contribution in [3.63, 3.8) is 0 Å². The summed E-state index contributed by atoms with van der Waals surface area (Å²) in [7, 11) is 1.96. The van der Waals surface area contributed by atoms with E-state index in [1.54, 1.807) is 6.92 Å². The van der Waals surface area contributed by atoms with Gasteiger partial charge in [0.1, 0.15) is 0 Å². The molecule has 1 aromatic carbocycles. The van der Waals surface area contributed by atoms with Gasteiger partial charge in [0.2, 0.25) is 0 Å². The molecule has 0 heterocycles. The number of ether oxygens (including phenoxy) is 1. The molecule has 0 unspecified atom stereocenters. The fourth-order valence-electron chi connectivity index (χ4n) is 1.68. The Labute approximate surface area is 109 Å². The van der Waals surface area contributed by atoms with Crippen molar-refractivity contribution in [2.45, 2.75) is 20.4 Å². The van der Waals surface area contributed by atoms with Crippen LogP contribution in [-0.2, 0) is 16.1 Å². The molecule has 0 atom stereocenters. The fraction of sp³-hybridized carbons (Fsp3) is 0.400. The Bertz CT molecular complexity index is 409. The lowest BCUT2D eigenvalue weighted by molar-refractivity contribution is -0.138. The van der Waals surface area contributed by atoms with E-state index in [1.165, 1.54) is 11.1 Å². The summed E-state index contributed by atoms with van der Waals surface area (Å²) < 4.78 is 4.91. The van der Waals surface area contributed by atoms with E-state index in [4.69, 9.17) is 4.74 Å². The van der Waals surface area contributed by atoms with Crippen molar-refractivity contribution < 1.29 is 9.53 Å². The predicted molar refractivity (Wildman–Crippen MR) is 73.3 cm³/mol. The van der Waals surface area contributed by atoms with Crippen molar-refractivity contribution in [3.05, 3.63) is 47.5 Å². The zero-order valence-electron chi connectivity index (χ0n) is 11.4. The lowest BCUT2D eigenvalue weighted by atomic mass is 10.1. The van der Waals surface area contributed by atoms with Gasteiger partial charge in [0, 0.05) is 18.7 Å². The molecule has 0 saturated heterocycles. The Morgan fingerprint density at radius 1 is 1.33 bits per heavy atom. The molecular formula is C15H21NO2. The molecule has 0 aromatic heterocycles. The zero-order valence-corrected chi connectivity index (χ0v) is 11.4. The fourth-order valence-corrected chi connectivity index (χ4v) is 1.68. The standard InChI is InChI=1S/C15H21NO2/c1-5-18-15(17)13(3)10-16(4)11-14-8-6-12(2)7-9-14/h6-9H,3,5,10-11H2,1-2,4H3. The smallest absolute Gasteiger partial charge is 0.334 e. The van der Waals surface area contributed by atoms with Crippen LogP contribution in [0.5, 0.6) is 0 Å². The highest BCUT2D eigenvalue weighted by Gasteiger charge is 2.10. The maximum atomic E-state index is 11.4. The largest absolute Gasteiger partial charge is 0.463 e.